The lowest BCUT2D eigenvalue weighted by molar-refractivity contribution is -0.139. The van der Waals surface area contributed by atoms with Crippen molar-refractivity contribution < 1.29 is 29.0 Å². The number of anilines is 1. The summed E-state index contributed by atoms with van der Waals surface area (Å²) >= 11 is 6.60. The molecule has 30 heavy (non-hydrogen) atoms. The van der Waals surface area contributed by atoms with Crippen LogP contribution in [0.1, 0.15) is 5.56 Å². The Morgan fingerprint density at radius 2 is 1.90 bits per heavy atom. The zero-order valence-electron chi connectivity index (χ0n) is 15.3. The molecule has 3 rings (SSSR count). The van der Waals surface area contributed by atoms with Crippen LogP contribution in [-0.2, 0) is 14.4 Å². The first-order chi connectivity index (χ1) is 14.3. The van der Waals surface area contributed by atoms with Gasteiger partial charge in [0.2, 0.25) is 5.91 Å². The Morgan fingerprint density at radius 3 is 2.57 bits per heavy atom. The van der Waals surface area contributed by atoms with Crippen LogP contribution in [0.15, 0.2) is 53.4 Å². The van der Waals surface area contributed by atoms with Crippen molar-refractivity contribution in [1.29, 1.82) is 0 Å². The highest BCUT2D eigenvalue weighted by atomic mass is 35.5. The van der Waals surface area contributed by atoms with E-state index in [-0.39, 0.29) is 4.91 Å². The second kappa shape index (κ2) is 9.47. The minimum Gasteiger partial charge on any atom is -0.482 e. The van der Waals surface area contributed by atoms with Crippen LogP contribution in [0.2, 0.25) is 5.02 Å². The first-order valence-corrected chi connectivity index (χ1v) is 9.77. The lowest BCUT2D eigenvalue weighted by Crippen LogP contribution is -2.36. The Kier molecular flexibility index (Phi) is 6.76. The van der Waals surface area contributed by atoms with Gasteiger partial charge in [-0.3, -0.25) is 19.3 Å². The molecule has 0 saturated carbocycles. The fraction of sp³-hybridized carbons (Fsp3) is 0.100. The topological polar surface area (TPSA) is 113 Å². The summed E-state index contributed by atoms with van der Waals surface area (Å²) in [5.74, 6) is -1.83. The number of thioether (sulfide) groups is 1. The van der Waals surface area contributed by atoms with Gasteiger partial charge in [-0.1, -0.05) is 29.8 Å². The molecule has 1 aliphatic heterocycles. The largest absolute Gasteiger partial charge is 0.482 e. The maximum absolute atomic E-state index is 12.5. The molecule has 0 atom stereocenters. The zero-order chi connectivity index (χ0) is 21.7. The van der Waals surface area contributed by atoms with E-state index in [1.54, 1.807) is 48.5 Å². The van der Waals surface area contributed by atoms with Crippen LogP contribution in [0.4, 0.5) is 10.5 Å². The number of aliphatic carboxylic acids is 1. The first kappa shape index (κ1) is 21.4. The minimum atomic E-state index is -1.09. The maximum Gasteiger partial charge on any atom is 0.341 e. The number of halogens is 1. The summed E-state index contributed by atoms with van der Waals surface area (Å²) in [6.07, 6.45) is 1.51. The molecule has 0 aliphatic carbocycles. The third-order valence-corrected chi connectivity index (χ3v) is 4.97. The van der Waals surface area contributed by atoms with E-state index in [4.69, 9.17) is 21.4 Å². The molecule has 2 aromatic carbocycles. The van der Waals surface area contributed by atoms with Crippen molar-refractivity contribution in [1.82, 2.24) is 4.90 Å². The summed E-state index contributed by atoms with van der Waals surface area (Å²) in [6, 6.07) is 12.9. The average molecular weight is 447 g/mol. The van der Waals surface area contributed by atoms with Gasteiger partial charge < -0.3 is 15.2 Å². The molecular weight excluding hydrogens is 432 g/mol. The van der Waals surface area contributed by atoms with E-state index in [0.717, 1.165) is 16.7 Å². The Labute approximate surface area is 180 Å². The number of carboxylic acid groups (broad SMARTS) is 1. The van der Waals surface area contributed by atoms with Gasteiger partial charge in [-0.2, -0.15) is 0 Å². The Bertz CT molecular complexity index is 1040. The van der Waals surface area contributed by atoms with Gasteiger partial charge in [0.1, 0.15) is 12.3 Å². The number of carbonyl (C=O) groups is 4. The molecular formula is C20H15ClN2O6S. The summed E-state index contributed by atoms with van der Waals surface area (Å²) in [5.41, 5.74) is 1.08. The SMILES string of the molecule is O=C(O)COc1ccc(/C=C2/SC(=O)N(CC(=O)Nc3cccc(Cl)c3)C2=O)cc1. The number of rotatable bonds is 7. The van der Waals surface area contributed by atoms with Crippen molar-refractivity contribution in [2.75, 3.05) is 18.5 Å². The molecule has 1 heterocycles. The normalized spacial score (nSPS) is 14.8. The van der Waals surface area contributed by atoms with Gasteiger partial charge in [-0.15, -0.1) is 0 Å². The van der Waals surface area contributed by atoms with Gasteiger partial charge in [0.05, 0.1) is 4.91 Å². The summed E-state index contributed by atoms with van der Waals surface area (Å²) in [5, 5.41) is 11.1. The number of nitrogens with zero attached hydrogens (tertiary/aromatic N) is 1. The van der Waals surface area contributed by atoms with Crippen LogP contribution in [0.25, 0.3) is 6.08 Å². The molecule has 1 aliphatic rings. The predicted molar refractivity (Wildman–Crippen MR) is 112 cm³/mol. The Balaban J connectivity index is 1.63. The van der Waals surface area contributed by atoms with Crippen LogP contribution in [0.5, 0.6) is 5.75 Å². The number of nitrogens with one attached hydrogen (secondary N) is 1. The number of amides is 3. The molecule has 10 heteroatoms. The van der Waals surface area contributed by atoms with Crippen molar-refractivity contribution in [3.05, 3.63) is 64.0 Å². The quantitative estimate of drug-likeness (QED) is 0.626. The summed E-state index contributed by atoms with van der Waals surface area (Å²) < 4.78 is 5.04. The molecule has 2 N–H and O–H groups in total. The van der Waals surface area contributed by atoms with E-state index in [1.807, 2.05) is 0 Å². The van der Waals surface area contributed by atoms with Gasteiger partial charge >= 0.3 is 5.97 Å². The molecule has 1 saturated heterocycles. The van der Waals surface area contributed by atoms with Crippen molar-refractivity contribution in [3.63, 3.8) is 0 Å². The number of ether oxygens (including phenoxy) is 1. The molecule has 0 radical (unpaired) electrons. The second-order valence-corrected chi connectivity index (χ2v) is 7.51. The van der Waals surface area contributed by atoms with Crippen LogP contribution < -0.4 is 10.1 Å². The zero-order valence-corrected chi connectivity index (χ0v) is 16.9. The smallest absolute Gasteiger partial charge is 0.341 e. The van der Waals surface area contributed by atoms with E-state index in [0.29, 0.717) is 22.0 Å². The minimum absolute atomic E-state index is 0.176. The van der Waals surface area contributed by atoms with Gasteiger partial charge in [-0.25, -0.2) is 4.79 Å². The highest BCUT2D eigenvalue weighted by molar-refractivity contribution is 8.18. The summed E-state index contributed by atoms with van der Waals surface area (Å²) in [4.78, 5) is 48.5. The molecule has 3 amide bonds. The highest BCUT2D eigenvalue weighted by Crippen LogP contribution is 2.32. The third-order valence-electron chi connectivity index (χ3n) is 3.82. The summed E-state index contributed by atoms with van der Waals surface area (Å²) in [6.45, 7) is -0.883. The molecule has 1 fully saturated rings. The van der Waals surface area contributed by atoms with Gasteiger partial charge in [0.15, 0.2) is 6.61 Å². The third kappa shape index (κ3) is 5.62. The van der Waals surface area contributed by atoms with Crippen molar-refractivity contribution >= 4 is 58.1 Å². The van der Waals surface area contributed by atoms with E-state index in [9.17, 15) is 19.2 Å². The number of hydrogen-bond acceptors (Lipinski definition) is 6. The number of hydrogen-bond donors (Lipinski definition) is 2. The van der Waals surface area contributed by atoms with Crippen LogP contribution in [0.3, 0.4) is 0 Å². The molecule has 2 aromatic rings. The molecule has 154 valence electrons. The standard InChI is InChI=1S/C20H15ClN2O6S/c21-13-2-1-3-14(9-13)22-17(24)10-23-19(27)16(30-20(23)28)8-12-4-6-15(7-5-12)29-11-18(25)26/h1-9H,10-11H2,(H,22,24)(H,25,26)/b16-8+. The van der Waals surface area contributed by atoms with E-state index in [1.165, 1.54) is 6.08 Å². The molecule has 0 aromatic heterocycles. The van der Waals surface area contributed by atoms with Crippen molar-refractivity contribution in [3.8, 4) is 5.75 Å². The number of carboxylic acids is 1. The van der Waals surface area contributed by atoms with Gasteiger partial charge in [0, 0.05) is 10.7 Å². The van der Waals surface area contributed by atoms with Crippen LogP contribution in [-0.4, -0.2) is 46.2 Å². The van der Waals surface area contributed by atoms with Crippen LogP contribution in [0, 0.1) is 0 Å². The average Bonchev–Trinajstić information content (AvgIpc) is 2.95. The first-order valence-electron chi connectivity index (χ1n) is 8.57. The van der Waals surface area contributed by atoms with Crippen molar-refractivity contribution in [2.45, 2.75) is 0 Å². The second-order valence-electron chi connectivity index (χ2n) is 6.08. The lowest BCUT2D eigenvalue weighted by Gasteiger charge is -2.12. The Hall–Kier alpha value is -3.30. The molecule has 0 bridgehead atoms. The number of benzene rings is 2. The highest BCUT2D eigenvalue weighted by Gasteiger charge is 2.36. The van der Waals surface area contributed by atoms with E-state index < -0.39 is 36.2 Å². The lowest BCUT2D eigenvalue weighted by atomic mass is 10.2. The molecule has 0 unspecified atom stereocenters. The van der Waals surface area contributed by atoms with Crippen molar-refractivity contribution in [2.24, 2.45) is 0 Å². The monoisotopic (exact) mass is 446 g/mol. The van der Waals surface area contributed by atoms with Crippen LogP contribution >= 0.6 is 23.4 Å². The number of carbonyl (C=O) groups excluding carboxylic acids is 3. The predicted octanol–water partition coefficient (Wildman–Crippen LogP) is 3.48. The maximum atomic E-state index is 12.5. The van der Waals surface area contributed by atoms with Gasteiger partial charge in [-0.05, 0) is 53.7 Å². The number of imide groups is 1. The van der Waals surface area contributed by atoms with E-state index in [2.05, 4.69) is 5.32 Å². The van der Waals surface area contributed by atoms with Gasteiger partial charge in [0.25, 0.3) is 11.1 Å². The molecule has 0 spiro atoms. The van der Waals surface area contributed by atoms with E-state index >= 15 is 0 Å². The Morgan fingerprint density at radius 1 is 1.17 bits per heavy atom. The fourth-order valence-electron chi connectivity index (χ4n) is 2.50. The summed E-state index contributed by atoms with van der Waals surface area (Å²) in [7, 11) is 0. The fourth-order valence-corrected chi connectivity index (χ4v) is 3.53. The molecule has 8 nitrogen and oxygen atoms in total.